The predicted octanol–water partition coefficient (Wildman–Crippen LogP) is 5.67. The molecule has 0 bridgehead atoms. The van der Waals surface area contributed by atoms with Gasteiger partial charge in [0.25, 0.3) is 5.91 Å². The molecule has 0 fully saturated rings. The molecule has 4 rings (SSSR count). The Morgan fingerprint density at radius 1 is 0.967 bits per heavy atom. The largest absolute Gasteiger partial charge is 0.305 e. The highest BCUT2D eigenvalue weighted by Crippen LogP contribution is 2.24. The molecule has 5 nitrogen and oxygen atoms in total. The molecule has 0 radical (unpaired) electrons. The fourth-order valence-corrected chi connectivity index (χ4v) is 3.58. The molecule has 0 unspecified atom stereocenters. The quantitative estimate of drug-likeness (QED) is 0.436. The predicted molar refractivity (Wildman–Crippen MR) is 123 cm³/mol. The molecule has 0 aliphatic rings. The summed E-state index contributed by atoms with van der Waals surface area (Å²) in [5.74, 6) is 0.286. The molecule has 2 heterocycles. The van der Waals surface area contributed by atoms with E-state index in [4.69, 9.17) is 0 Å². The van der Waals surface area contributed by atoms with Crippen molar-refractivity contribution in [3.8, 4) is 11.3 Å². The Hall–Kier alpha value is -3.12. The fraction of sp³-hybridized carbons (Fsp3) is 0.208. The summed E-state index contributed by atoms with van der Waals surface area (Å²) in [6.45, 7) is 6.45. The number of fused-ring (bicyclic) bond motifs is 1. The van der Waals surface area contributed by atoms with Crippen molar-refractivity contribution in [3.05, 3.63) is 78.0 Å². The van der Waals surface area contributed by atoms with E-state index in [1.54, 1.807) is 22.5 Å². The minimum atomic E-state index is -0.188. The summed E-state index contributed by atoms with van der Waals surface area (Å²) in [6, 6.07) is 19.8. The van der Waals surface area contributed by atoms with Gasteiger partial charge in [0.15, 0.2) is 11.5 Å². The second kappa shape index (κ2) is 7.95. The zero-order chi connectivity index (χ0) is 21.3. The van der Waals surface area contributed by atoms with E-state index in [1.807, 2.05) is 36.4 Å². The van der Waals surface area contributed by atoms with Crippen molar-refractivity contribution in [1.29, 1.82) is 0 Å². The van der Waals surface area contributed by atoms with Crippen molar-refractivity contribution in [2.45, 2.75) is 31.1 Å². The number of aromatic nitrogens is 3. The second-order valence-electron chi connectivity index (χ2n) is 8.16. The minimum Gasteiger partial charge on any atom is -0.305 e. The normalized spacial score (nSPS) is 11.6. The van der Waals surface area contributed by atoms with Crippen molar-refractivity contribution in [2.24, 2.45) is 0 Å². The number of benzene rings is 2. The van der Waals surface area contributed by atoms with E-state index in [0.717, 1.165) is 11.3 Å². The molecular weight excluding hydrogens is 392 g/mol. The van der Waals surface area contributed by atoms with E-state index < -0.39 is 0 Å². The molecule has 0 saturated heterocycles. The third-order valence-electron chi connectivity index (χ3n) is 4.96. The Morgan fingerprint density at radius 3 is 2.30 bits per heavy atom. The van der Waals surface area contributed by atoms with Gasteiger partial charge in [0.05, 0.1) is 11.9 Å². The third-order valence-corrected chi connectivity index (χ3v) is 5.70. The third kappa shape index (κ3) is 4.24. The van der Waals surface area contributed by atoms with Crippen molar-refractivity contribution < 1.29 is 4.79 Å². The Balaban J connectivity index is 1.54. The molecule has 2 aromatic heterocycles. The molecule has 152 valence electrons. The molecule has 30 heavy (non-hydrogen) atoms. The van der Waals surface area contributed by atoms with Crippen LogP contribution in [0.5, 0.6) is 0 Å². The first-order chi connectivity index (χ1) is 14.3. The van der Waals surface area contributed by atoms with Gasteiger partial charge in [0.1, 0.15) is 0 Å². The van der Waals surface area contributed by atoms with Crippen molar-refractivity contribution in [3.63, 3.8) is 0 Å². The van der Waals surface area contributed by atoms with Crippen LogP contribution in [0.2, 0.25) is 0 Å². The van der Waals surface area contributed by atoms with Gasteiger partial charge in [-0.05, 0) is 53.6 Å². The van der Waals surface area contributed by atoms with Gasteiger partial charge in [-0.3, -0.25) is 4.79 Å². The maximum absolute atomic E-state index is 12.6. The first-order valence-corrected chi connectivity index (χ1v) is 11.0. The lowest BCUT2D eigenvalue weighted by atomic mass is 9.87. The van der Waals surface area contributed by atoms with Crippen molar-refractivity contribution in [2.75, 3.05) is 11.6 Å². The summed E-state index contributed by atoms with van der Waals surface area (Å²) >= 11 is 1.71. The lowest BCUT2D eigenvalue weighted by molar-refractivity contribution is 0.102. The zero-order valence-corrected chi connectivity index (χ0v) is 18.3. The molecule has 1 N–H and O–H groups in total. The lowest BCUT2D eigenvalue weighted by Crippen LogP contribution is -2.14. The highest BCUT2D eigenvalue weighted by molar-refractivity contribution is 7.98. The van der Waals surface area contributed by atoms with E-state index in [9.17, 15) is 4.79 Å². The molecule has 6 heteroatoms. The van der Waals surface area contributed by atoms with Crippen molar-refractivity contribution >= 4 is 29.1 Å². The summed E-state index contributed by atoms with van der Waals surface area (Å²) in [6.07, 6.45) is 3.79. The molecule has 2 aromatic carbocycles. The number of imidazole rings is 1. The van der Waals surface area contributed by atoms with Crippen LogP contribution in [0, 0.1) is 0 Å². The number of anilines is 1. The van der Waals surface area contributed by atoms with E-state index >= 15 is 0 Å². The Labute approximate surface area is 180 Å². The summed E-state index contributed by atoms with van der Waals surface area (Å²) in [4.78, 5) is 18.3. The van der Waals surface area contributed by atoms with Gasteiger partial charge in [-0.25, -0.2) is 9.50 Å². The van der Waals surface area contributed by atoms with Crippen LogP contribution in [0.15, 0.2) is 71.8 Å². The molecule has 1 amide bonds. The standard InChI is InChI=1S/C24H24N4OS/c1-24(2,3)18-9-5-17(6-10-18)23(29)26-21-15-28-22(25-21)14-13-20(27-28)16-7-11-19(30-4)12-8-16/h5-15H,1-4H3,(H,26,29). The first kappa shape index (κ1) is 20.2. The Morgan fingerprint density at radius 2 is 1.67 bits per heavy atom. The summed E-state index contributed by atoms with van der Waals surface area (Å²) in [5.41, 5.74) is 4.40. The molecule has 0 saturated carbocycles. The monoisotopic (exact) mass is 416 g/mol. The zero-order valence-electron chi connectivity index (χ0n) is 17.5. The van der Waals surface area contributed by atoms with Crippen LogP contribution >= 0.6 is 11.8 Å². The number of carbonyl (C=O) groups is 1. The number of rotatable bonds is 4. The van der Waals surface area contributed by atoms with Gasteiger partial charge in [-0.15, -0.1) is 11.8 Å². The minimum absolute atomic E-state index is 0.0513. The van der Waals surface area contributed by atoms with E-state index in [2.05, 4.69) is 66.7 Å². The summed E-state index contributed by atoms with van der Waals surface area (Å²) in [5, 5.41) is 7.50. The lowest BCUT2D eigenvalue weighted by Gasteiger charge is -2.18. The van der Waals surface area contributed by atoms with Crippen LogP contribution in [0.1, 0.15) is 36.7 Å². The maximum atomic E-state index is 12.6. The van der Waals surface area contributed by atoms with Gasteiger partial charge in [0, 0.05) is 16.0 Å². The Bertz CT molecular complexity index is 1190. The smallest absolute Gasteiger partial charge is 0.256 e. The molecule has 0 aliphatic heterocycles. The Kier molecular flexibility index (Phi) is 5.35. The molecule has 4 aromatic rings. The number of hydrogen-bond acceptors (Lipinski definition) is 4. The summed E-state index contributed by atoms with van der Waals surface area (Å²) in [7, 11) is 0. The van der Waals surface area contributed by atoms with Gasteiger partial charge in [0.2, 0.25) is 0 Å². The number of thioether (sulfide) groups is 1. The first-order valence-electron chi connectivity index (χ1n) is 9.76. The molecule has 0 atom stereocenters. The van der Waals surface area contributed by atoms with Crippen LogP contribution in [-0.4, -0.2) is 26.8 Å². The van der Waals surface area contributed by atoms with Crippen LogP contribution in [0.3, 0.4) is 0 Å². The van der Waals surface area contributed by atoms with E-state index in [-0.39, 0.29) is 11.3 Å². The highest BCUT2D eigenvalue weighted by atomic mass is 32.2. The molecule has 0 spiro atoms. The maximum Gasteiger partial charge on any atom is 0.256 e. The van der Waals surface area contributed by atoms with Crippen molar-refractivity contribution in [1.82, 2.24) is 14.6 Å². The number of carbonyl (C=O) groups excluding carboxylic acids is 1. The fourth-order valence-electron chi connectivity index (χ4n) is 3.17. The van der Waals surface area contributed by atoms with E-state index in [1.165, 1.54) is 10.5 Å². The number of nitrogens with one attached hydrogen (secondary N) is 1. The second-order valence-corrected chi connectivity index (χ2v) is 9.04. The molecule has 0 aliphatic carbocycles. The SMILES string of the molecule is CSc1ccc(-c2ccc3nc(NC(=O)c4ccc(C(C)(C)C)cc4)cn3n2)cc1. The average molecular weight is 417 g/mol. The van der Waals surface area contributed by atoms with Crippen LogP contribution < -0.4 is 5.32 Å². The van der Waals surface area contributed by atoms with Gasteiger partial charge >= 0.3 is 0 Å². The number of amides is 1. The molecular formula is C24H24N4OS. The average Bonchev–Trinajstić information content (AvgIpc) is 3.14. The van der Waals surface area contributed by atoms with Crippen LogP contribution in [-0.2, 0) is 5.41 Å². The van der Waals surface area contributed by atoms with Crippen LogP contribution in [0.25, 0.3) is 16.9 Å². The highest BCUT2D eigenvalue weighted by Gasteiger charge is 2.15. The van der Waals surface area contributed by atoms with Gasteiger partial charge in [-0.1, -0.05) is 45.0 Å². The number of hydrogen-bond donors (Lipinski definition) is 1. The van der Waals surface area contributed by atoms with E-state index in [0.29, 0.717) is 17.0 Å². The van der Waals surface area contributed by atoms with Gasteiger partial charge in [-0.2, -0.15) is 5.10 Å². The number of nitrogens with zero attached hydrogens (tertiary/aromatic N) is 3. The summed E-state index contributed by atoms with van der Waals surface area (Å²) < 4.78 is 1.69. The topological polar surface area (TPSA) is 59.3 Å². The van der Waals surface area contributed by atoms with Gasteiger partial charge < -0.3 is 5.32 Å². The van der Waals surface area contributed by atoms with Crippen LogP contribution in [0.4, 0.5) is 5.82 Å².